The maximum Gasteiger partial charge on any atom is 0.281 e. The van der Waals surface area contributed by atoms with Crippen LogP contribution < -0.4 is 5.43 Å². The average Bonchev–Trinajstić information content (AvgIpc) is 2.72. The average molecular weight is 598 g/mol. The number of nitrogens with one attached hydrogen (secondary N) is 1. The number of benzene rings is 3. The number of hydrogen-bond donors (Lipinski definition) is 3. The molecule has 0 aliphatic carbocycles. The molecular formula is C21H16I2N2O3. The smallest absolute Gasteiger partial charge is 0.281 e. The van der Waals surface area contributed by atoms with E-state index in [1.807, 2.05) is 40.8 Å². The number of phenolic OH excluding ortho intramolecular Hbond substituents is 1. The fraction of sp³-hybridized carbons (Fsp3) is 0.0476. The first kappa shape index (κ1) is 20.7. The van der Waals surface area contributed by atoms with Crippen LogP contribution in [0.4, 0.5) is 0 Å². The predicted octanol–water partition coefficient (Wildman–Crippen LogP) is 3.99. The molecule has 0 aromatic heterocycles. The zero-order chi connectivity index (χ0) is 20.1. The van der Waals surface area contributed by atoms with Crippen LogP contribution in [0.2, 0.25) is 0 Å². The Morgan fingerprint density at radius 2 is 1.50 bits per heavy atom. The molecule has 3 aromatic rings. The molecule has 0 unspecified atom stereocenters. The second-order valence-corrected chi connectivity index (χ2v) is 8.37. The van der Waals surface area contributed by atoms with E-state index in [2.05, 4.69) is 33.1 Å². The molecule has 3 N–H and O–H groups in total. The van der Waals surface area contributed by atoms with Crippen LogP contribution in [0.3, 0.4) is 0 Å². The Kier molecular flexibility index (Phi) is 6.68. The predicted molar refractivity (Wildman–Crippen MR) is 125 cm³/mol. The molecule has 3 aromatic carbocycles. The van der Waals surface area contributed by atoms with Gasteiger partial charge in [0.2, 0.25) is 0 Å². The molecule has 0 heterocycles. The highest BCUT2D eigenvalue weighted by Crippen LogP contribution is 2.30. The Hall–Kier alpha value is -1.98. The van der Waals surface area contributed by atoms with Gasteiger partial charge in [0, 0.05) is 9.13 Å². The van der Waals surface area contributed by atoms with Crippen LogP contribution >= 0.6 is 45.2 Å². The number of halogens is 2. The third-order valence-electron chi connectivity index (χ3n) is 4.14. The summed E-state index contributed by atoms with van der Waals surface area (Å²) in [6.45, 7) is 0. The molecule has 0 saturated carbocycles. The maximum atomic E-state index is 12.9. The van der Waals surface area contributed by atoms with Crippen molar-refractivity contribution in [1.82, 2.24) is 5.43 Å². The first-order chi connectivity index (χ1) is 13.4. The van der Waals surface area contributed by atoms with Crippen molar-refractivity contribution >= 4 is 57.3 Å². The lowest BCUT2D eigenvalue weighted by atomic mass is 9.85. The molecule has 142 valence electrons. The summed E-state index contributed by atoms with van der Waals surface area (Å²) in [5, 5.41) is 25.4. The minimum atomic E-state index is -1.90. The summed E-state index contributed by atoms with van der Waals surface area (Å²) in [7, 11) is 0. The van der Waals surface area contributed by atoms with Crippen molar-refractivity contribution in [1.29, 1.82) is 0 Å². The number of phenols is 1. The van der Waals surface area contributed by atoms with Crippen molar-refractivity contribution in [2.24, 2.45) is 5.10 Å². The van der Waals surface area contributed by atoms with Crippen LogP contribution in [-0.4, -0.2) is 22.3 Å². The van der Waals surface area contributed by atoms with Gasteiger partial charge in [-0.15, -0.1) is 0 Å². The lowest BCUT2D eigenvalue weighted by Gasteiger charge is -2.27. The topological polar surface area (TPSA) is 81.9 Å². The van der Waals surface area contributed by atoms with Crippen LogP contribution in [0.1, 0.15) is 16.7 Å². The maximum absolute atomic E-state index is 12.9. The lowest BCUT2D eigenvalue weighted by Crippen LogP contribution is -2.43. The summed E-state index contributed by atoms with van der Waals surface area (Å²) in [6, 6.07) is 21.0. The number of rotatable bonds is 5. The first-order valence-electron chi connectivity index (χ1n) is 8.28. The van der Waals surface area contributed by atoms with Gasteiger partial charge in [0.05, 0.1) is 9.78 Å². The van der Waals surface area contributed by atoms with Crippen LogP contribution in [0.15, 0.2) is 77.9 Å². The van der Waals surface area contributed by atoms with Crippen molar-refractivity contribution in [2.75, 3.05) is 0 Å². The minimum absolute atomic E-state index is 0.0837. The van der Waals surface area contributed by atoms with E-state index in [1.54, 1.807) is 54.6 Å². The number of hydrazone groups is 1. The fourth-order valence-electron chi connectivity index (χ4n) is 2.71. The molecule has 0 saturated heterocycles. The molecule has 0 atom stereocenters. The van der Waals surface area contributed by atoms with E-state index in [9.17, 15) is 15.0 Å². The van der Waals surface area contributed by atoms with Gasteiger partial charge in [0.25, 0.3) is 5.91 Å². The van der Waals surface area contributed by atoms with Gasteiger partial charge >= 0.3 is 0 Å². The van der Waals surface area contributed by atoms with E-state index in [0.717, 1.165) is 3.57 Å². The third-order valence-corrected chi connectivity index (χ3v) is 5.58. The van der Waals surface area contributed by atoms with Crippen molar-refractivity contribution < 1.29 is 15.0 Å². The molecule has 0 fully saturated rings. The van der Waals surface area contributed by atoms with Crippen LogP contribution in [0.5, 0.6) is 5.75 Å². The first-order valence-corrected chi connectivity index (χ1v) is 10.4. The number of nitrogens with zero attached hydrogens (tertiary/aromatic N) is 1. The van der Waals surface area contributed by atoms with Gasteiger partial charge in [-0.3, -0.25) is 4.79 Å². The Morgan fingerprint density at radius 3 is 2.04 bits per heavy atom. The second-order valence-electron chi connectivity index (χ2n) is 5.97. The summed E-state index contributed by atoms with van der Waals surface area (Å²) >= 11 is 4.16. The van der Waals surface area contributed by atoms with Crippen molar-refractivity contribution in [3.8, 4) is 5.75 Å². The van der Waals surface area contributed by atoms with Crippen molar-refractivity contribution in [3.63, 3.8) is 0 Å². The number of carbonyl (C=O) groups excluding carboxylic acids is 1. The Balaban J connectivity index is 1.91. The normalized spacial score (nSPS) is 11.5. The molecule has 7 heteroatoms. The number of carbonyl (C=O) groups is 1. The molecule has 5 nitrogen and oxygen atoms in total. The standard InChI is InChI=1S/C21H16I2N2O3/c22-17-11-14(19(26)18(23)12-17)13-24-25-20(27)21(28,15-7-3-1-4-8-15)16-9-5-2-6-10-16/h1-13,26,28H,(H,25,27)/b24-13+. The summed E-state index contributed by atoms with van der Waals surface area (Å²) in [6.07, 6.45) is 1.36. The van der Waals surface area contributed by atoms with E-state index in [-0.39, 0.29) is 5.75 Å². The van der Waals surface area contributed by atoms with Gasteiger partial charge < -0.3 is 10.2 Å². The van der Waals surface area contributed by atoms with Gasteiger partial charge in [-0.25, -0.2) is 5.43 Å². The number of aliphatic hydroxyl groups is 1. The molecule has 0 aliphatic heterocycles. The van der Waals surface area contributed by atoms with Crippen LogP contribution in [-0.2, 0) is 10.4 Å². The van der Waals surface area contributed by atoms with E-state index in [0.29, 0.717) is 20.3 Å². The van der Waals surface area contributed by atoms with E-state index < -0.39 is 11.5 Å². The zero-order valence-corrected chi connectivity index (χ0v) is 18.8. The van der Waals surface area contributed by atoms with Gasteiger partial charge in [-0.1, -0.05) is 60.7 Å². The summed E-state index contributed by atoms with van der Waals surface area (Å²) in [4.78, 5) is 12.9. The number of aromatic hydroxyl groups is 1. The van der Waals surface area contributed by atoms with Crippen molar-refractivity contribution in [2.45, 2.75) is 5.60 Å². The van der Waals surface area contributed by atoms with Crippen LogP contribution in [0.25, 0.3) is 0 Å². The highest BCUT2D eigenvalue weighted by atomic mass is 127. The fourth-order valence-corrected chi connectivity index (χ4v) is 4.60. The Bertz CT molecular complexity index is 969. The van der Waals surface area contributed by atoms with Crippen LogP contribution in [0, 0.1) is 7.14 Å². The molecular weight excluding hydrogens is 582 g/mol. The molecule has 3 rings (SSSR count). The van der Waals surface area contributed by atoms with Crippen molar-refractivity contribution in [3.05, 3.63) is 96.6 Å². The molecule has 0 bridgehead atoms. The molecule has 1 amide bonds. The second kappa shape index (κ2) is 9.01. The zero-order valence-electron chi connectivity index (χ0n) is 14.5. The minimum Gasteiger partial charge on any atom is -0.506 e. The van der Waals surface area contributed by atoms with E-state index in [1.165, 1.54) is 6.21 Å². The SMILES string of the molecule is O=C(N/N=C/c1cc(I)cc(I)c1O)C(O)(c1ccccc1)c1ccccc1. The molecule has 0 spiro atoms. The summed E-state index contributed by atoms with van der Waals surface area (Å²) in [5.74, 6) is -0.610. The monoisotopic (exact) mass is 598 g/mol. The summed E-state index contributed by atoms with van der Waals surface area (Å²) < 4.78 is 1.61. The third kappa shape index (κ3) is 4.36. The highest BCUT2D eigenvalue weighted by molar-refractivity contribution is 14.1. The Labute approximate surface area is 189 Å². The molecule has 0 radical (unpaired) electrons. The molecule has 0 aliphatic rings. The number of amides is 1. The summed E-state index contributed by atoms with van der Waals surface area (Å²) in [5.41, 5.74) is 1.83. The van der Waals surface area contributed by atoms with Gasteiger partial charge in [-0.2, -0.15) is 5.10 Å². The van der Waals surface area contributed by atoms with Gasteiger partial charge in [0.15, 0.2) is 5.60 Å². The number of hydrogen-bond acceptors (Lipinski definition) is 4. The van der Waals surface area contributed by atoms with E-state index >= 15 is 0 Å². The highest BCUT2D eigenvalue weighted by Gasteiger charge is 2.39. The molecule has 28 heavy (non-hydrogen) atoms. The van der Waals surface area contributed by atoms with Gasteiger partial charge in [0.1, 0.15) is 5.75 Å². The Morgan fingerprint density at radius 1 is 0.964 bits per heavy atom. The van der Waals surface area contributed by atoms with Gasteiger partial charge in [-0.05, 0) is 68.4 Å². The van der Waals surface area contributed by atoms with E-state index in [4.69, 9.17) is 0 Å². The lowest BCUT2D eigenvalue weighted by molar-refractivity contribution is -0.136. The quantitative estimate of drug-likeness (QED) is 0.236. The largest absolute Gasteiger partial charge is 0.506 e.